The predicted octanol–water partition coefficient (Wildman–Crippen LogP) is 3.83. The zero-order valence-corrected chi connectivity index (χ0v) is 21.0. The van der Waals surface area contributed by atoms with Crippen LogP contribution < -0.4 is 15.5 Å². The highest BCUT2D eigenvalue weighted by Gasteiger charge is 2.35. The maximum atomic E-state index is 12.7. The highest BCUT2D eigenvalue weighted by molar-refractivity contribution is 9.10. The third-order valence-corrected chi connectivity index (χ3v) is 6.95. The average Bonchev–Trinajstić information content (AvgIpc) is 3.45. The second-order valence-corrected chi connectivity index (χ2v) is 9.91. The molecule has 8 nitrogen and oxygen atoms in total. The zero-order chi connectivity index (χ0) is 24.1. The van der Waals surface area contributed by atoms with Gasteiger partial charge in [0.1, 0.15) is 5.01 Å². The Balaban J connectivity index is 1.26. The van der Waals surface area contributed by atoms with Crippen molar-refractivity contribution >= 4 is 55.8 Å². The van der Waals surface area contributed by atoms with Gasteiger partial charge in [0.25, 0.3) is 5.91 Å². The summed E-state index contributed by atoms with van der Waals surface area (Å²) < 4.78 is 0.839. The fraction of sp³-hybridized carbons (Fsp3) is 0.292. The molecule has 1 aliphatic heterocycles. The molecule has 10 heteroatoms. The lowest BCUT2D eigenvalue weighted by molar-refractivity contribution is -0.122. The van der Waals surface area contributed by atoms with E-state index in [4.69, 9.17) is 0 Å². The van der Waals surface area contributed by atoms with Crippen molar-refractivity contribution in [1.82, 2.24) is 15.5 Å². The second-order valence-electron chi connectivity index (χ2n) is 7.93. The third-order valence-electron chi connectivity index (χ3n) is 5.56. The molecule has 0 aliphatic carbocycles. The van der Waals surface area contributed by atoms with Gasteiger partial charge in [0, 0.05) is 41.7 Å². The quantitative estimate of drug-likeness (QED) is 0.451. The van der Waals surface area contributed by atoms with Gasteiger partial charge >= 0.3 is 0 Å². The average molecular weight is 542 g/mol. The topological polar surface area (TPSA) is 104 Å². The molecule has 34 heavy (non-hydrogen) atoms. The minimum atomic E-state index is -0.449. The lowest BCUT2D eigenvalue weighted by Crippen LogP contribution is -2.28. The molecule has 1 aliphatic rings. The van der Waals surface area contributed by atoms with Crippen LogP contribution in [0.1, 0.15) is 34.3 Å². The highest BCUT2D eigenvalue weighted by Crippen LogP contribution is 2.27. The Bertz CT molecular complexity index is 1200. The molecule has 1 unspecified atom stereocenters. The van der Waals surface area contributed by atoms with Gasteiger partial charge in [-0.15, -0.1) is 10.2 Å². The highest BCUT2D eigenvalue weighted by atomic mass is 79.9. The molecule has 1 fully saturated rings. The number of aromatic nitrogens is 2. The van der Waals surface area contributed by atoms with E-state index in [1.54, 1.807) is 23.1 Å². The summed E-state index contributed by atoms with van der Waals surface area (Å²) in [5.41, 5.74) is 2.58. The number of benzene rings is 2. The fourth-order valence-corrected chi connectivity index (χ4v) is 4.81. The molecule has 1 saturated heterocycles. The Kier molecular flexibility index (Phi) is 7.69. The predicted molar refractivity (Wildman–Crippen MR) is 135 cm³/mol. The van der Waals surface area contributed by atoms with Gasteiger partial charge in [0.05, 0.1) is 5.92 Å². The first-order valence-corrected chi connectivity index (χ1v) is 12.6. The molecule has 2 N–H and O–H groups in total. The monoisotopic (exact) mass is 541 g/mol. The minimum absolute atomic E-state index is 0.0662. The van der Waals surface area contributed by atoms with Gasteiger partial charge in [-0.3, -0.25) is 14.4 Å². The van der Waals surface area contributed by atoms with Crippen LogP contribution >= 0.6 is 27.3 Å². The van der Waals surface area contributed by atoms with E-state index in [0.717, 1.165) is 16.6 Å². The van der Waals surface area contributed by atoms with Crippen molar-refractivity contribution in [2.75, 3.05) is 23.3 Å². The maximum Gasteiger partial charge on any atom is 0.251 e. The van der Waals surface area contributed by atoms with Gasteiger partial charge in [-0.1, -0.05) is 52.4 Å². The first kappa shape index (κ1) is 24.0. The van der Waals surface area contributed by atoms with Crippen LogP contribution in [0, 0.1) is 5.92 Å². The summed E-state index contributed by atoms with van der Waals surface area (Å²) in [5, 5.41) is 14.8. The number of hydrogen-bond acceptors (Lipinski definition) is 6. The Hall–Kier alpha value is -3.11. The van der Waals surface area contributed by atoms with E-state index in [-0.39, 0.29) is 24.1 Å². The van der Waals surface area contributed by atoms with Gasteiger partial charge in [-0.05, 0) is 42.3 Å². The van der Waals surface area contributed by atoms with Crippen LogP contribution in [0.5, 0.6) is 0 Å². The number of carbonyl (C=O) groups is 3. The van der Waals surface area contributed by atoms with Crippen molar-refractivity contribution < 1.29 is 14.4 Å². The van der Waals surface area contributed by atoms with Crippen molar-refractivity contribution in [2.24, 2.45) is 5.92 Å². The molecule has 0 saturated carbocycles. The van der Waals surface area contributed by atoms with Gasteiger partial charge in [-0.25, -0.2) is 0 Å². The van der Waals surface area contributed by atoms with E-state index in [9.17, 15) is 14.4 Å². The Labute approximate surface area is 209 Å². The molecule has 0 bridgehead atoms. The summed E-state index contributed by atoms with van der Waals surface area (Å²) in [6.45, 7) is 2.81. The number of halogens is 1. The number of aryl methyl sites for hydroxylation is 1. The largest absolute Gasteiger partial charge is 0.352 e. The molecule has 3 aromatic rings. The smallest absolute Gasteiger partial charge is 0.251 e. The molecule has 1 atom stereocenters. The van der Waals surface area contributed by atoms with Crippen molar-refractivity contribution in [3.8, 4) is 0 Å². The van der Waals surface area contributed by atoms with Gasteiger partial charge in [-0.2, -0.15) is 0 Å². The van der Waals surface area contributed by atoms with Crippen LogP contribution in [0.15, 0.2) is 53.0 Å². The van der Waals surface area contributed by atoms with E-state index in [2.05, 4.69) is 43.7 Å². The van der Waals surface area contributed by atoms with Gasteiger partial charge in [0.15, 0.2) is 0 Å². The van der Waals surface area contributed by atoms with E-state index in [1.807, 2.05) is 30.3 Å². The maximum absolute atomic E-state index is 12.7. The summed E-state index contributed by atoms with van der Waals surface area (Å²) >= 11 is 4.61. The number of carbonyl (C=O) groups excluding carboxylic acids is 3. The molecule has 2 heterocycles. The van der Waals surface area contributed by atoms with Crippen molar-refractivity contribution in [1.29, 1.82) is 0 Å². The molecule has 0 radical (unpaired) electrons. The van der Waals surface area contributed by atoms with Crippen LogP contribution in [0.3, 0.4) is 0 Å². The first-order valence-electron chi connectivity index (χ1n) is 11.0. The number of anilines is 2. The number of amides is 3. The van der Waals surface area contributed by atoms with E-state index < -0.39 is 5.92 Å². The minimum Gasteiger partial charge on any atom is -0.352 e. The summed E-state index contributed by atoms with van der Waals surface area (Å²) in [6.07, 6.45) is 1.59. The van der Waals surface area contributed by atoms with Gasteiger partial charge in [0.2, 0.25) is 16.9 Å². The summed E-state index contributed by atoms with van der Waals surface area (Å²) in [4.78, 5) is 39.1. The number of rotatable bonds is 8. The Morgan fingerprint density at radius 1 is 1.18 bits per heavy atom. The van der Waals surface area contributed by atoms with Crippen molar-refractivity contribution in [3.63, 3.8) is 0 Å². The van der Waals surface area contributed by atoms with Crippen LogP contribution in [-0.4, -0.2) is 41.0 Å². The van der Waals surface area contributed by atoms with Crippen molar-refractivity contribution in [3.05, 3.63) is 69.1 Å². The summed E-state index contributed by atoms with van der Waals surface area (Å²) in [5.74, 6) is -0.926. The van der Waals surface area contributed by atoms with E-state index in [1.165, 1.54) is 16.9 Å². The summed E-state index contributed by atoms with van der Waals surface area (Å²) in [6, 6.07) is 15.0. The van der Waals surface area contributed by atoms with E-state index >= 15 is 0 Å². The SMILES string of the molecule is CCc1ccc(N2CC(C(=O)Nc3nnc(CCNC(=O)c4cccc(Br)c4)s3)CC2=O)cc1. The number of nitrogens with one attached hydrogen (secondary N) is 2. The first-order chi connectivity index (χ1) is 16.4. The van der Waals surface area contributed by atoms with E-state index in [0.29, 0.717) is 35.2 Å². The lowest BCUT2D eigenvalue weighted by atomic mass is 10.1. The normalized spacial score (nSPS) is 15.4. The van der Waals surface area contributed by atoms with Crippen LogP contribution in [-0.2, 0) is 22.4 Å². The molecule has 2 aromatic carbocycles. The zero-order valence-electron chi connectivity index (χ0n) is 18.6. The molecule has 0 spiro atoms. The van der Waals surface area contributed by atoms with Crippen molar-refractivity contribution in [2.45, 2.75) is 26.2 Å². The molecular weight excluding hydrogens is 518 g/mol. The molecule has 4 rings (SSSR count). The Morgan fingerprint density at radius 2 is 1.97 bits per heavy atom. The molecular formula is C24H24BrN5O3S. The third kappa shape index (κ3) is 5.87. The Morgan fingerprint density at radius 3 is 2.71 bits per heavy atom. The molecule has 3 amide bonds. The van der Waals surface area contributed by atoms with Crippen LogP contribution in [0.25, 0.3) is 0 Å². The summed E-state index contributed by atoms with van der Waals surface area (Å²) in [7, 11) is 0. The number of nitrogens with zero attached hydrogens (tertiary/aromatic N) is 3. The molecule has 176 valence electrons. The van der Waals surface area contributed by atoms with Gasteiger partial charge < -0.3 is 15.5 Å². The lowest BCUT2D eigenvalue weighted by Gasteiger charge is -2.17. The number of hydrogen-bond donors (Lipinski definition) is 2. The second kappa shape index (κ2) is 10.9. The van der Waals surface area contributed by atoms with Crippen LogP contribution in [0.2, 0.25) is 0 Å². The fourth-order valence-electron chi connectivity index (χ4n) is 3.67. The van der Waals surface area contributed by atoms with Crippen LogP contribution in [0.4, 0.5) is 10.8 Å². The standard InChI is InChI=1S/C24H24BrN5O3S/c1-2-15-6-8-19(9-7-15)30-14-17(13-21(30)31)23(33)27-24-29-28-20(34-24)10-11-26-22(32)16-4-3-5-18(25)12-16/h3-9,12,17H,2,10-11,13-14H2,1H3,(H,26,32)(H,27,29,33). The molecule has 1 aromatic heterocycles.